The van der Waals surface area contributed by atoms with Crippen LogP contribution in [-0.2, 0) is 4.74 Å². The van der Waals surface area contributed by atoms with Gasteiger partial charge in [-0.1, -0.05) is 37.0 Å². The SMILES string of the molecule is C=CCOC(=O)N1c2cc(OCCCCCOc3cc4c(cc3OC)C(=O)N3CC(=C)C[C@H]3C=N4)c(OC)cc2C(=O)N2CC(=C)C[C@H]2[C@@H]1O. The number of rotatable bonds is 12. The first-order valence-corrected chi connectivity index (χ1v) is 16.6. The maximum Gasteiger partial charge on any atom is 0.416 e. The van der Waals surface area contributed by atoms with Crippen LogP contribution < -0.4 is 23.8 Å². The van der Waals surface area contributed by atoms with Crippen molar-refractivity contribution in [3.8, 4) is 23.0 Å². The summed E-state index contributed by atoms with van der Waals surface area (Å²) in [4.78, 5) is 49.1. The summed E-state index contributed by atoms with van der Waals surface area (Å²) in [5.74, 6) is 1.12. The van der Waals surface area contributed by atoms with Gasteiger partial charge in [0.05, 0.1) is 62.0 Å². The molecule has 0 unspecified atom stereocenters. The molecule has 4 heterocycles. The minimum Gasteiger partial charge on any atom is -0.493 e. The third-order valence-corrected chi connectivity index (χ3v) is 9.21. The summed E-state index contributed by atoms with van der Waals surface area (Å²) in [6.07, 6.45) is 4.20. The predicted octanol–water partition coefficient (Wildman–Crippen LogP) is 5.05. The van der Waals surface area contributed by atoms with Gasteiger partial charge in [-0.2, -0.15) is 0 Å². The van der Waals surface area contributed by atoms with Crippen LogP contribution in [0.5, 0.6) is 23.0 Å². The molecule has 3 atom stereocenters. The molecule has 4 aliphatic heterocycles. The van der Waals surface area contributed by atoms with Gasteiger partial charge in [0.25, 0.3) is 11.8 Å². The number of ether oxygens (including phenoxy) is 5. The maximum absolute atomic E-state index is 13.7. The van der Waals surface area contributed by atoms with Gasteiger partial charge < -0.3 is 38.6 Å². The molecule has 13 heteroatoms. The van der Waals surface area contributed by atoms with Gasteiger partial charge in [-0.3, -0.25) is 14.6 Å². The van der Waals surface area contributed by atoms with Gasteiger partial charge in [-0.25, -0.2) is 9.69 Å². The molecule has 1 N–H and O–H groups in total. The van der Waals surface area contributed by atoms with E-state index < -0.39 is 18.4 Å². The van der Waals surface area contributed by atoms with Gasteiger partial charge in [-0.05, 0) is 44.2 Å². The van der Waals surface area contributed by atoms with Crippen LogP contribution in [-0.4, -0.2) is 104 Å². The molecule has 3 amide bonds. The number of methoxy groups -OCH3 is 2. The minimum atomic E-state index is -1.37. The van der Waals surface area contributed by atoms with Crippen molar-refractivity contribution >= 4 is 35.5 Å². The highest BCUT2D eigenvalue weighted by Crippen LogP contribution is 2.42. The Kier molecular flexibility index (Phi) is 10.1. The number of amides is 3. The molecule has 0 aromatic heterocycles. The second-order valence-electron chi connectivity index (χ2n) is 12.6. The van der Waals surface area contributed by atoms with Crippen molar-refractivity contribution in [1.82, 2.24) is 9.80 Å². The number of aliphatic hydroxyl groups excluding tert-OH is 1. The molecule has 2 saturated heterocycles. The fraction of sp³-hybridized carbons (Fsp3) is 0.405. The Morgan fingerprint density at radius 1 is 0.880 bits per heavy atom. The zero-order valence-electron chi connectivity index (χ0n) is 28.4. The van der Waals surface area contributed by atoms with E-state index in [2.05, 4.69) is 24.7 Å². The first-order valence-electron chi connectivity index (χ1n) is 16.6. The van der Waals surface area contributed by atoms with E-state index >= 15 is 0 Å². The largest absolute Gasteiger partial charge is 0.493 e. The Balaban J connectivity index is 1.09. The van der Waals surface area contributed by atoms with E-state index in [0.29, 0.717) is 79.7 Å². The van der Waals surface area contributed by atoms with E-state index in [9.17, 15) is 19.5 Å². The minimum absolute atomic E-state index is 0.0710. The Morgan fingerprint density at radius 3 is 2.18 bits per heavy atom. The fourth-order valence-electron chi connectivity index (χ4n) is 6.74. The van der Waals surface area contributed by atoms with Crippen LogP contribution in [0.3, 0.4) is 0 Å². The van der Waals surface area contributed by atoms with Crippen molar-refractivity contribution in [2.24, 2.45) is 4.99 Å². The van der Waals surface area contributed by atoms with Gasteiger partial charge in [-0.15, -0.1) is 0 Å². The summed E-state index contributed by atoms with van der Waals surface area (Å²) >= 11 is 0. The fourth-order valence-corrected chi connectivity index (χ4v) is 6.74. The number of aliphatic hydroxyl groups is 1. The first kappa shape index (κ1) is 34.6. The molecule has 264 valence electrons. The van der Waals surface area contributed by atoms with Crippen LogP contribution in [0, 0.1) is 0 Å². The van der Waals surface area contributed by atoms with Crippen LogP contribution in [0.2, 0.25) is 0 Å². The van der Waals surface area contributed by atoms with Gasteiger partial charge in [0.15, 0.2) is 29.2 Å². The average molecular weight is 687 g/mol. The van der Waals surface area contributed by atoms with E-state index in [1.165, 1.54) is 37.3 Å². The molecular formula is C37H42N4O9. The molecule has 0 bridgehead atoms. The van der Waals surface area contributed by atoms with Gasteiger partial charge in [0.2, 0.25) is 0 Å². The highest BCUT2D eigenvalue weighted by atomic mass is 16.6. The molecule has 0 aliphatic carbocycles. The third kappa shape index (κ3) is 6.65. The molecule has 0 spiro atoms. The van der Waals surface area contributed by atoms with Crippen molar-refractivity contribution in [3.05, 3.63) is 72.4 Å². The van der Waals surface area contributed by atoms with Crippen LogP contribution in [0.25, 0.3) is 0 Å². The van der Waals surface area contributed by atoms with Crippen molar-refractivity contribution in [1.29, 1.82) is 0 Å². The normalized spacial score (nSPS) is 20.8. The van der Waals surface area contributed by atoms with E-state index in [-0.39, 0.29) is 42.3 Å². The van der Waals surface area contributed by atoms with Crippen LogP contribution in [0.15, 0.2) is 66.2 Å². The van der Waals surface area contributed by atoms with Crippen LogP contribution in [0.1, 0.15) is 52.8 Å². The van der Waals surface area contributed by atoms with E-state index in [0.717, 1.165) is 22.5 Å². The number of aliphatic imine (C=N–C) groups is 1. The summed E-state index contributed by atoms with van der Waals surface area (Å²) in [6.45, 7) is 13.0. The Bertz CT molecular complexity index is 1750. The van der Waals surface area contributed by atoms with E-state index in [1.807, 2.05) is 0 Å². The molecule has 0 saturated carbocycles. The number of anilines is 1. The molecule has 0 radical (unpaired) electrons. The summed E-state index contributed by atoms with van der Waals surface area (Å²) in [5.41, 5.74) is 3.12. The summed E-state index contributed by atoms with van der Waals surface area (Å²) < 4.78 is 28.6. The monoisotopic (exact) mass is 686 g/mol. The molecule has 2 aromatic rings. The van der Waals surface area contributed by atoms with Crippen molar-refractivity contribution in [2.75, 3.05) is 52.0 Å². The molecular weight excluding hydrogens is 644 g/mol. The highest BCUT2D eigenvalue weighted by Gasteiger charge is 2.46. The standard InChI is InChI=1S/C37H42N4O9/c1-6-10-50-37(45)41-28-18-33(31(47-5)16-26(28)35(43)40-21-23(3)14-29(40)36(41)44)49-12-9-7-8-11-48-32-17-27-25(15-30(32)46-4)34(42)39-20-22(2)13-24(39)19-38-27/h6,15-19,24,29,36,44H,1-3,7-14,20-21H2,4-5H3/t24-,29-,36-/m0/s1. The molecule has 50 heavy (non-hydrogen) atoms. The summed E-state index contributed by atoms with van der Waals surface area (Å²) in [7, 11) is 3.00. The number of carbonyl (C=O) groups is 3. The number of benzene rings is 2. The van der Waals surface area contributed by atoms with Crippen LogP contribution in [0.4, 0.5) is 16.2 Å². The Labute approximate surface area is 291 Å². The second kappa shape index (κ2) is 14.7. The topological polar surface area (TPSA) is 140 Å². The lowest BCUT2D eigenvalue weighted by Gasteiger charge is -2.31. The number of fused-ring (bicyclic) bond motifs is 4. The number of nitrogens with zero attached hydrogens (tertiary/aromatic N) is 4. The highest BCUT2D eigenvalue weighted by molar-refractivity contribution is 6.06. The quantitative estimate of drug-likeness (QED) is 0.240. The third-order valence-electron chi connectivity index (χ3n) is 9.21. The molecule has 2 aromatic carbocycles. The summed E-state index contributed by atoms with van der Waals surface area (Å²) in [6, 6.07) is 5.70. The zero-order chi connectivity index (χ0) is 35.5. The van der Waals surface area contributed by atoms with Crippen molar-refractivity contribution < 1.29 is 43.2 Å². The Hall–Kier alpha value is -5.30. The first-order chi connectivity index (χ1) is 24.1. The summed E-state index contributed by atoms with van der Waals surface area (Å²) in [5, 5.41) is 11.4. The lowest BCUT2D eigenvalue weighted by molar-refractivity contribution is 0.0496. The van der Waals surface area contributed by atoms with Gasteiger partial charge >= 0.3 is 6.09 Å². The van der Waals surface area contributed by atoms with E-state index in [4.69, 9.17) is 23.7 Å². The molecule has 6 rings (SSSR count). The van der Waals surface area contributed by atoms with E-state index in [1.54, 1.807) is 23.2 Å². The van der Waals surface area contributed by atoms with Crippen LogP contribution >= 0.6 is 0 Å². The lowest BCUT2D eigenvalue weighted by atomic mass is 10.1. The lowest BCUT2D eigenvalue weighted by Crippen LogP contribution is -2.50. The second-order valence-corrected chi connectivity index (χ2v) is 12.6. The number of unbranched alkanes of at least 4 members (excludes halogenated alkanes) is 2. The molecule has 4 aliphatic rings. The smallest absolute Gasteiger partial charge is 0.416 e. The predicted molar refractivity (Wildman–Crippen MR) is 186 cm³/mol. The molecule has 13 nitrogen and oxygen atoms in total. The number of hydrogen-bond acceptors (Lipinski definition) is 10. The van der Waals surface area contributed by atoms with Gasteiger partial charge in [0, 0.05) is 31.4 Å². The van der Waals surface area contributed by atoms with Crippen molar-refractivity contribution in [2.45, 2.75) is 50.4 Å². The van der Waals surface area contributed by atoms with Gasteiger partial charge in [0.1, 0.15) is 6.61 Å². The number of carbonyl (C=O) groups excluding carboxylic acids is 3. The van der Waals surface area contributed by atoms with Crippen molar-refractivity contribution in [3.63, 3.8) is 0 Å². The average Bonchev–Trinajstić information content (AvgIpc) is 3.65. The Morgan fingerprint density at radius 2 is 1.50 bits per heavy atom. The maximum atomic E-state index is 13.7. The molecule has 2 fully saturated rings. The number of hydrogen-bond donors (Lipinski definition) is 1. The zero-order valence-corrected chi connectivity index (χ0v) is 28.4.